The van der Waals surface area contributed by atoms with Gasteiger partial charge in [-0.2, -0.15) is 10.4 Å². The molecule has 0 unspecified atom stereocenters. The van der Waals surface area contributed by atoms with Gasteiger partial charge < -0.3 is 10.6 Å². The number of aromatic amines is 1. The van der Waals surface area contributed by atoms with Gasteiger partial charge in [0.2, 0.25) is 0 Å². The summed E-state index contributed by atoms with van der Waals surface area (Å²) >= 11 is 0. The number of fused-ring (bicyclic) bond motifs is 2. The minimum atomic E-state index is 0.338. The number of aryl methyl sites for hydroxylation is 1. The molecule has 2 bridgehead atoms. The van der Waals surface area contributed by atoms with Crippen LogP contribution >= 0.6 is 0 Å². The Kier molecular flexibility index (Phi) is 4.79. The fourth-order valence-electron chi connectivity index (χ4n) is 4.73. The van der Waals surface area contributed by atoms with E-state index in [4.69, 9.17) is 10.2 Å². The molecule has 2 aliphatic rings. The van der Waals surface area contributed by atoms with Crippen molar-refractivity contribution in [2.45, 2.75) is 51.1 Å². The van der Waals surface area contributed by atoms with Crippen LogP contribution in [0.15, 0.2) is 30.5 Å². The van der Waals surface area contributed by atoms with Crippen molar-refractivity contribution in [2.75, 3.05) is 17.2 Å². The summed E-state index contributed by atoms with van der Waals surface area (Å²) in [7, 11) is 0. The van der Waals surface area contributed by atoms with Gasteiger partial charge in [-0.25, -0.2) is 9.56 Å². The largest absolute Gasteiger partial charge is 0.366 e. The number of H-pyrrole nitrogens is 1. The Morgan fingerprint density at radius 2 is 2.27 bits per heavy atom. The Hall–Kier alpha value is -3.47. The molecule has 30 heavy (non-hydrogen) atoms. The highest BCUT2D eigenvalue weighted by Gasteiger charge is 2.40. The van der Waals surface area contributed by atoms with E-state index in [1.807, 2.05) is 25.1 Å². The van der Waals surface area contributed by atoms with E-state index in [-0.39, 0.29) is 0 Å². The van der Waals surface area contributed by atoms with Crippen LogP contribution in [0.4, 0.5) is 17.5 Å². The molecule has 3 aromatic heterocycles. The maximum absolute atomic E-state index is 8.95. The number of anilines is 3. The van der Waals surface area contributed by atoms with E-state index < -0.39 is 0 Å². The Morgan fingerprint density at radius 1 is 1.33 bits per heavy atom. The third kappa shape index (κ3) is 3.59. The lowest BCUT2D eigenvalue weighted by molar-refractivity contribution is -0.562. The molecule has 0 aromatic carbocycles. The zero-order valence-corrected chi connectivity index (χ0v) is 17.0. The van der Waals surface area contributed by atoms with Gasteiger partial charge >= 0.3 is 0 Å². The summed E-state index contributed by atoms with van der Waals surface area (Å²) in [6, 6.07) is 11.0. The highest BCUT2D eigenvalue weighted by molar-refractivity contribution is 5.92. The first-order valence-corrected chi connectivity index (χ1v) is 10.5. The molecular weight excluding hydrogens is 376 g/mol. The van der Waals surface area contributed by atoms with Crippen molar-refractivity contribution in [3.8, 4) is 6.07 Å². The van der Waals surface area contributed by atoms with Crippen molar-refractivity contribution in [3.05, 3.63) is 36.2 Å². The Morgan fingerprint density at radius 3 is 3.07 bits per heavy atom. The van der Waals surface area contributed by atoms with Crippen LogP contribution in [0.3, 0.4) is 0 Å². The van der Waals surface area contributed by atoms with E-state index in [0.717, 1.165) is 59.9 Å². The lowest BCUT2D eigenvalue weighted by atomic mass is 10.0. The maximum atomic E-state index is 8.95. The zero-order valence-electron chi connectivity index (χ0n) is 17.0. The fourth-order valence-corrected chi connectivity index (χ4v) is 4.73. The first-order valence-electron chi connectivity index (χ1n) is 10.5. The van der Waals surface area contributed by atoms with Crippen LogP contribution in [0.5, 0.6) is 0 Å². The van der Waals surface area contributed by atoms with Crippen LogP contribution in [-0.2, 0) is 0 Å². The van der Waals surface area contributed by atoms with Crippen LogP contribution < -0.4 is 10.6 Å². The van der Waals surface area contributed by atoms with Crippen molar-refractivity contribution in [1.82, 2.24) is 20.2 Å². The van der Waals surface area contributed by atoms with Gasteiger partial charge in [-0.15, -0.1) is 0 Å². The smallest absolute Gasteiger partial charge is 0.156 e. The molecule has 5 rings (SSSR count). The van der Waals surface area contributed by atoms with E-state index >= 15 is 0 Å². The first kappa shape index (κ1) is 18.6. The van der Waals surface area contributed by atoms with Crippen LogP contribution in [0, 0.1) is 18.3 Å². The molecule has 2 aliphatic heterocycles. The molecule has 3 N–H and O–H groups in total. The van der Waals surface area contributed by atoms with Crippen molar-refractivity contribution >= 4 is 34.1 Å². The average molecular weight is 401 g/mol. The maximum Gasteiger partial charge on any atom is 0.156 e. The van der Waals surface area contributed by atoms with E-state index in [1.165, 1.54) is 12.1 Å². The van der Waals surface area contributed by atoms with E-state index in [0.29, 0.717) is 18.5 Å². The van der Waals surface area contributed by atoms with Gasteiger partial charge in [-0.1, -0.05) is 0 Å². The first-order chi connectivity index (χ1) is 14.7. The molecule has 0 aliphatic carbocycles. The van der Waals surface area contributed by atoms with Gasteiger partial charge in [0, 0.05) is 61.1 Å². The summed E-state index contributed by atoms with van der Waals surface area (Å²) in [5.74, 6) is 2.31. The normalized spacial score (nSPS) is 20.4. The summed E-state index contributed by atoms with van der Waals surface area (Å²) in [6.07, 6.45) is 6.80. The van der Waals surface area contributed by atoms with Crippen molar-refractivity contribution in [2.24, 2.45) is 0 Å². The fraction of sp³-hybridized carbons (Fsp3) is 0.409. The lowest BCUT2D eigenvalue weighted by Crippen LogP contribution is -2.39. The Balaban J connectivity index is 1.41. The summed E-state index contributed by atoms with van der Waals surface area (Å²) < 4.78 is 2.46. The van der Waals surface area contributed by atoms with Gasteiger partial charge in [0.05, 0.1) is 18.0 Å². The molecular formula is C22H25N8+. The number of nitrogens with one attached hydrogen (secondary N) is 3. The molecule has 0 spiro atoms. The molecule has 0 radical (unpaired) electrons. The molecule has 3 aromatic rings. The topological polar surface area (TPSA) is 105 Å². The van der Waals surface area contributed by atoms with Gasteiger partial charge in [0.1, 0.15) is 11.6 Å². The quantitative estimate of drug-likeness (QED) is 0.546. The minimum Gasteiger partial charge on any atom is -0.366 e. The summed E-state index contributed by atoms with van der Waals surface area (Å²) in [5.41, 5.74) is 3.36. The van der Waals surface area contributed by atoms with Crippen LogP contribution in [0.25, 0.3) is 10.9 Å². The van der Waals surface area contributed by atoms with E-state index in [9.17, 15) is 0 Å². The average Bonchev–Trinajstić information content (AvgIpc) is 3.25. The number of hydrogen-bond donors (Lipinski definition) is 3. The van der Waals surface area contributed by atoms with Crippen molar-refractivity contribution in [1.29, 1.82) is 5.26 Å². The second-order valence-corrected chi connectivity index (χ2v) is 8.13. The number of nitriles is 1. The van der Waals surface area contributed by atoms with Gasteiger partial charge in [-0.05, 0) is 19.1 Å². The third-order valence-electron chi connectivity index (χ3n) is 6.02. The number of nitrogens with zero attached hydrogens (tertiary/aromatic N) is 5. The van der Waals surface area contributed by atoms with E-state index in [1.54, 1.807) is 6.20 Å². The minimum absolute atomic E-state index is 0.338. The molecule has 152 valence electrons. The molecule has 8 nitrogen and oxygen atoms in total. The van der Waals surface area contributed by atoms with Gasteiger partial charge in [-0.3, -0.25) is 10.1 Å². The number of rotatable bonds is 6. The molecule has 0 saturated carbocycles. The van der Waals surface area contributed by atoms with Crippen molar-refractivity contribution in [3.63, 3.8) is 0 Å². The molecule has 8 heteroatoms. The molecule has 2 atom stereocenters. The Labute approximate surface area is 175 Å². The second kappa shape index (κ2) is 7.75. The van der Waals surface area contributed by atoms with Crippen molar-refractivity contribution < 1.29 is 4.58 Å². The zero-order chi connectivity index (χ0) is 20.5. The molecule has 0 saturated heterocycles. The monoisotopic (exact) mass is 401 g/mol. The molecule has 5 heterocycles. The lowest BCUT2D eigenvalue weighted by Gasteiger charge is -2.25. The summed E-state index contributed by atoms with van der Waals surface area (Å²) in [6.45, 7) is 2.83. The molecule has 0 fully saturated rings. The second-order valence-electron chi connectivity index (χ2n) is 8.13. The highest BCUT2D eigenvalue weighted by Crippen LogP contribution is 2.31. The van der Waals surface area contributed by atoms with Crippen LogP contribution in [0.2, 0.25) is 0 Å². The van der Waals surface area contributed by atoms with Gasteiger partial charge in [0.15, 0.2) is 24.1 Å². The summed E-state index contributed by atoms with van der Waals surface area (Å²) in [5, 5.41) is 24.1. The third-order valence-corrected chi connectivity index (χ3v) is 6.02. The van der Waals surface area contributed by atoms with Crippen LogP contribution in [0.1, 0.15) is 37.8 Å². The SMILES string of the molecule is Cc1cc(Nc2cc3ncccc3c(N[C@H]3CC4=[N+](CCC#N)[C@H](CC4)C3)n2)n[nH]1. The summed E-state index contributed by atoms with van der Waals surface area (Å²) in [4.78, 5) is 9.39. The van der Waals surface area contributed by atoms with E-state index in [2.05, 4.69) is 42.5 Å². The standard InChI is InChI=1S/C22H25N8/c1-14-10-21(29-28-14)26-20-13-19-18(4-2-8-24-19)22(27-20)25-15-11-16-5-6-17(12-15)30(16)9-3-7-23/h2,4,8,10,13,15-16H,3,5-6,9,11-12H2,1H3,(H3,25,26,27,28,29)/q+1/t15-,16-/m1/s1. The molecule has 0 amide bonds. The predicted octanol–water partition coefficient (Wildman–Crippen LogP) is 3.51. The number of pyridine rings is 2. The van der Waals surface area contributed by atoms with Gasteiger partial charge in [0.25, 0.3) is 0 Å². The number of aromatic nitrogens is 4. The van der Waals surface area contributed by atoms with Crippen LogP contribution in [-0.4, -0.2) is 49.1 Å². The predicted molar refractivity (Wildman–Crippen MR) is 116 cm³/mol. The number of hydrogen-bond acceptors (Lipinski definition) is 6. The Bertz CT molecular complexity index is 1160. The highest BCUT2D eigenvalue weighted by atomic mass is 15.2.